The van der Waals surface area contributed by atoms with Crippen LogP contribution >= 0.6 is 0 Å². The minimum absolute atomic E-state index is 0.924. The van der Waals surface area contributed by atoms with Crippen LogP contribution < -0.4 is 9.80 Å². The molecule has 0 N–H and O–H groups in total. The molecule has 0 saturated carbocycles. The molecule has 0 amide bonds. The van der Waals surface area contributed by atoms with Crippen molar-refractivity contribution in [2.45, 2.75) is 0 Å². The predicted octanol–water partition coefficient (Wildman–Crippen LogP) is 22.8. The summed E-state index contributed by atoms with van der Waals surface area (Å²) in [5.41, 5.74) is 23.2. The van der Waals surface area contributed by atoms with Gasteiger partial charge in [-0.2, -0.15) is 0 Å². The average Bonchev–Trinajstić information content (AvgIpc) is 2.56. The van der Waals surface area contributed by atoms with Crippen LogP contribution in [0.3, 0.4) is 0 Å². The molecule has 16 rings (SSSR count). The molecule has 0 spiro atoms. The van der Waals surface area contributed by atoms with Crippen molar-refractivity contribution in [3.05, 3.63) is 353 Å². The van der Waals surface area contributed by atoms with E-state index in [0.29, 0.717) is 0 Å². The maximum atomic E-state index is 4.27. The average molecular weight is 1140 g/mol. The Bertz CT molecular complexity index is 5350. The number of para-hydroxylation sites is 7. The molecule has 420 valence electrons. The standard InChI is InChI=1S/C84H59N5/c1-3-26-61(4-2)85(62-27-11-5-12-28-62)68-46-51-82-76(56-68)74-53-58(43-48-80(74)88(82)66-35-19-9-20-36-66)70-40-25-41-71(84(70)60-45-50-79-73(55-60)72-39-23-24-42-78(72)87(79)65-33-17-8-18-34-65)59-44-49-81-75(54-59)77-57-69(47-52-83(77)89(81)67-37-21-10-22-38-67)86(63-29-13-6-14-30-63)64-31-15-7-16-32-64/h3-57H,1-2H2/b61-26+. The van der Waals surface area contributed by atoms with E-state index >= 15 is 0 Å². The molecular formula is C84H59N5. The number of allylic oxidation sites excluding steroid dienone is 3. The molecule has 0 aliphatic rings. The normalized spacial score (nSPS) is 11.8. The van der Waals surface area contributed by atoms with Gasteiger partial charge in [0.05, 0.1) is 33.1 Å². The summed E-state index contributed by atoms with van der Waals surface area (Å²) in [6.07, 6.45) is 5.74. The molecule has 0 radical (unpaired) electrons. The lowest BCUT2D eigenvalue weighted by molar-refractivity contribution is 1.18. The van der Waals surface area contributed by atoms with Gasteiger partial charge in [0.15, 0.2) is 0 Å². The van der Waals surface area contributed by atoms with Gasteiger partial charge in [-0.15, -0.1) is 0 Å². The monoisotopic (exact) mass is 1140 g/mol. The fraction of sp³-hybridized carbons (Fsp3) is 0. The Kier molecular flexibility index (Phi) is 13.1. The van der Waals surface area contributed by atoms with Gasteiger partial charge < -0.3 is 23.5 Å². The maximum Gasteiger partial charge on any atom is 0.0542 e. The number of aromatic nitrogens is 3. The lowest BCUT2D eigenvalue weighted by Crippen LogP contribution is -2.14. The fourth-order valence-electron chi connectivity index (χ4n) is 13.7. The summed E-state index contributed by atoms with van der Waals surface area (Å²) in [4.78, 5) is 4.61. The van der Waals surface area contributed by atoms with E-state index in [0.717, 1.165) is 123 Å². The number of nitrogens with zero attached hydrogens (tertiary/aromatic N) is 5. The Balaban J connectivity index is 0.957. The summed E-state index contributed by atoms with van der Waals surface area (Å²) in [7, 11) is 0. The van der Waals surface area contributed by atoms with Gasteiger partial charge in [-0.3, -0.25) is 0 Å². The summed E-state index contributed by atoms with van der Waals surface area (Å²) in [5.74, 6) is 0. The molecule has 0 atom stereocenters. The lowest BCUT2D eigenvalue weighted by Gasteiger charge is -2.26. The summed E-state index contributed by atoms with van der Waals surface area (Å²) in [6.45, 7) is 8.36. The summed E-state index contributed by atoms with van der Waals surface area (Å²) in [5, 5.41) is 7.01. The van der Waals surface area contributed by atoms with Crippen LogP contribution in [0.5, 0.6) is 0 Å². The first-order valence-electron chi connectivity index (χ1n) is 30.3. The van der Waals surface area contributed by atoms with Crippen LogP contribution in [0.25, 0.3) is 116 Å². The van der Waals surface area contributed by atoms with Crippen LogP contribution in [-0.2, 0) is 0 Å². The van der Waals surface area contributed by atoms with Crippen molar-refractivity contribution in [1.82, 2.24) is 13.7 Å². The van der Waals surface area contributed by atoms with Crippen molar-refractivity contribution in [1.29, 1.82) is 0 Å². The molecule has 3 aromatic heterocycles. The molecule has 0 fully saturated rings. The van der Waals surface area contributed by atoms with E-state index in [1.54, 1.807) is 0 Å². The Morgan fingerprint density at radius 1 is 0.281 bits per heavy atom. The smallest absolute Gasteiger partial charge is 0.0542 e. The highest BCUT2D eigenvalue weighted by atomic mass is 15.2. The van der Waals surface area contributed by atoms with E-state index in [9.17, 15) is 0 Å². The number of fused-ring (bicyclic) bond motifs is 9. The maximum absolute atomic E-state index is 4.27. The van der Waals surface area contributed by atoms with Crippen LogP contribution in [0.1, 0.15) is 0 Å². The van der Waals surface area contributed by atoms with Gasteiger partial charge in [0.1, 0.15) is 0 Å². The Morgan fingerprint density at radius 2 is 0.640 bits per heavy atom. The van der Waals surface area contributed by atoms with Crippen LogP contribution in [0.2, 0.25) is 0 Å². The van der Waals surface area contributed by atoms with Crippen LogP contribution in [0.4, 0.5) is 28.4 Å². The second-order valence-electron chi connectivity index (χ2n) is 22.6. The van der Waals surface area contributed by atoms with Gasteiger partial charge in [-0.05, 0) is 197 Å². The van der Waals surface area contributed by atoms with Crippen molar-refractivity contribution < 1.29 is 0 Å². The number of anilines is 5. The molecule has 5 nitrogen and oxygen atoms in total. The number of rotatable bonds is 14. The molecule has 0 unspecified atom stereocenters. The number of hydrogen-bond donors (Lipinski definition) is 0. The van der Waals surface area contributed by atoms with Crippen molar-refractivity contribution >= 4 is 93.9 Å². The SMILES string of the molecule is C=C/C=C(\C=C)N(c1ccccc1)c1ccc2c(c1)c1cc(-c3cccc(-c4ccc5c(c4)c4cc(N(c6ccccc6)c6ccccc6)ccc4n5-c4ccccc4)c3-c3ccc4c(c3)c3ccccc3n4-c3ccccc3)ccc1n2-c1ccccc1. The zero-order valence-electron chi connectivity index (χ0n) is 48.9. The van der Waals surface area contributed by atoms with Crippen molar-refractivity contribution in [3.63, 3.8) is 0 Å². The van der Waals surface area contributed by atoms with Crippen molar-refractivity contribution in [2.75, 3.05) is 9.80 Å². The molecule has 89 heavy (non-hydrogen) atoms. The third kappa shape index (κ3) is 9.03. The highest BCUT2D eigenvalue weighted by molar-refractivity contribution is 6.16. The quantitative estimate of drug-likeness (QED) is 0.101. The molecule has 13 aromatic carbocycles. The van der Waals surface area contributed by atoms with Gasteiger partial charge in [0.25, 0.3) is 0 Å². The summed E-state index contributed by atoms with van der Waals surface area (Å²) < 4.78 is 7.22. The molecule has 16 aromatic rings. The van der Waals surface area contributed by atoms with Gasteiger partial charge >= 0.3 is 0 Å². The van der Waals surface area contributed by atoms with Crippen LogP contribution in [0, 0.1) is 0 Å². The molecular weight excluding hydrogens is 1080 g/mol. The van der Waals surface area contributed by atoms with Gasteiger partial charge in [-0.25, -0.2) is 0 Å². The van der Waals surface area contributed by atoms with Crippen LogP contribution in [-0.4, -0.2) is 13.7 Å². The van der Waals surface area contributed by atoms with E-state index in [-0.39, 0.29) is 0 Å². The first kappa shape index (κ1) is 52.6. The third-order valence-corrected chi connectivity index (χ3v) is 17.5. The summed E-state index contributed by atoms with van der Waals surface area (Å²) in [6, 6.07) is 115. The second-order valence-corrected chi connectivity index (χ2v) is 22.6. The highest BCUT2D eigenvalue weighted by Crippen LogP contribution is 2.48. The molecule has 5 heteroatoms. The van der Waals surface area contributed by atoms with Gasteiger partial charge in [0, 0.05) is 83.5 Å². The molecule has 0 bridgehead atoms. The van der Waals surface area contributed by atoms with Crippen LogP contribution in [0.15, 0.2) is 353 Å². The Hall–Kier alpha value is -11.9. The first-order valence-corrected chi connectivity index (χ1v) is 30.3. The topological polar surface area (TPSA) is 21.3 Å². The van der Waals surface area contributed by atoms with E-state index in [1.165, 1.54) is 27.1 Å². The van der Waals surface area contributed by atoms with Gasteiger partial charge in [-0.1, -0.05) is 183 Å². The van der Waals surface area contributed by atoms with E-state index in [2.05, 4.69) is 352 Å². The van der Waals surface area contributed by atoms with E-state index < -0.39 is 0 Å². The summed E-state index contributed by atoms with van der Waals surface area (Å²) >= 11 is 0. The molecule has 0 aliphatic carbocycles. The molecule has 0 saturated heterocycles. The van der Waals surface area contributed by atoms with Crippen molar-refractivity contribution in [3.8, 4) is 50.4 Å². The fourth-order valence-corrected chi connectivity index (χ4v) is 13.7. The van der Waals surface area contributed by atoms with E-state index in [1.807, 2.05) is 18.2 Å². The molecule has 3 heterocycles. The Labute approximate surface area is 517 Å². The molecule has 0 aliphatic heterocycles. The minimum Gasteiger partial charge on any atom is -0.311 e. The number of hydrogen-bond acceptors (Lipinski definition) is 2. The van der Waals surface area contributed by atoms with Gasteiger partial charge in [0.2, 0.25) is 0 Å². The number of benzene rings is 13. The largest absolute Gasteiger partial charge is 0.311 e. The zero-order valence-corrected chi connectivity index (χ0v) is 48.9. The second kappa shape index (κ2) is 22.2. The van der Waals surface area contributed by atoms with E-state index in [4.69, 9.17) is 0 Å². The highest BCUT2D eigenvalue weighted by Gasteiger charge is 2.24. The van der Waals surface area contributed by atoms with Crippen molar-refractivity contribution in [2.24, 2.45) is 0 Å². The zero-order chi connectivity index (χ0) is 59.4. The lowest BCUT2D eigenvalue weighted by atomic mass is 9.86. The predicted molar refractivity (Wildman–Crippen MR) is 378 cm³/mol. The minimum atomic E-state index is 0.924. The third-order valence-electron chi connectivity index (χ3n) is 17.5. The first-order chi connectivity index (χ1) is 44.1. The Morgan fingerprint density at radius 3 is 1.11 bits per heavy atom.